The Labute approximate surface area is 353 Å². The van der Waals surface area contributed by atoms with Crippen LogP contribution in [0.3, 0.4) is 0 Å². The number of rotatable bonds is 6. The molecule has 2 aromatic heterocycles. The van der Waals surface area contributed by atoms with E-state index in [4.69, 9.17) is 0 Å². The predicted octanol–water partition coefficient (Wildman–Crippen LogP) is 14.6. The number of hydrogen-bond acceptors (Lipinski definition) is 2. The Balaban J connectivity index is 1.20. The molecule has 0 amide bonds. The molecule has 0 N–H and O–H groups in total. The second kappa shape index (κ2) is 14.4. The van der Waals surface area contributed by atoms with Gasteiger partial charge in [0.15, 0.2) is 0 Å². The normalized spacial score (nSPS) is 11.3. The van der Waals surface area contributed by atoms with Gasteiger partial charge in [-0.3, -0.25) is 0 Å². The molecule has 0 fully saturated rings. The van der Waals surface area contributed by atoms with E-state index in [0.717, 1.165) is 77.6 Å². The highest BCUT2D eigenvalue weighted by Gasteiger charge is 2.22. The Bertz CT molecular complexity index is 3610. The highest BCUT2D eigenvalue weighted by atomic mass is 15.0. The van der Waals surface area contributed by atoms with Gasteiger partial charge in [-0.2, -0.15) is 10.5 Å². The van der Waals surface area contributed by atoms with Crippen molar-refractivity contribution in [2.24, 2.45) is 0 Å². The molecule has 0 saturated carbocycles. The molecule has 9 aromatic carbocycles. The Morgan fingerprint density at radius 3 is 1.46 bits per heavy atom. The minimum absolute atomic E-state index is 0.573. The lowest BCUT2D eigenvalue weighted by Crippen LogP contribution is -2.01. The fourth-order valence-corrected chi connectivity index (χ4v) is 9.28. The second-order valence-electron chi connectivity index (χ2n) is 15.6. The van der Waals surface area contributed by atoms with Crippen LogP contribution in [0.25, 0.3) is 99.5 Å². The van der Waals surface area contributed by atoms with Crippen molar-refractivity contribution in [2.75, 3.05) is 0 Å². The summed E-state index contributed by atoms with van der Waals surface area (Å²) in [7, 11) is 0. The van der Waals surface area contributed by atoms with Gasteiger partial charge in [-0.05, 0) is 130 Å². The summed E-state index contributed by atoms with van der Waals surface area (Å²) >= 11 is 0. The van der Waals surface area contributed by atoms with Crippen LogP contribution in [0.5, 0.6) is 0 Å². The van der Waals surface area contributed by atoms with Crippen LogP contribution in [0.2, 0.25) is 0 Å². The third-order valence-electron chi connectivity index (χ3n) is 12.1. The number of nitriles is 2. The van der Waals surface area contributed by atoms with Crippen LogP contribution in [-0.4, -0.2) is 9.13 Å². The lowest BCUT2D eigenvalue weighted by Gasteiger charge is -2.20. The zero-order valence-corrected chi connectivity index (χ0v) is 33.3. The fraction of sp³-hybridized carbons (Fsp3) is 0.0175. The maximum absolute atomic E-state index is 10.5. The van der Waals surface area contributed by atoms with Crippen molar-refractivity contribution in [3.8, 4) is 68.0 Å². The van der Waals surface area contributed by atoms with Crippen LogP contribution in [0, 0.1) is 29.6 Å². The molecule has 0 radical (unpaired) electrons. The average molecular weight is 777 g/mol. The third kappa shape index (κ3) is 5.90. The molecule has 0 aliphatic carbocycles. The molecule has 0 atom stereocenters. The topological polar surface area (TPSA) is 57.4 Å². The molecule has 0 spiro atoms. The molecule has 0 unspecified atom stereocenters. The molecule has 61 heavy (non-hydrogen) atoms. The van der Waals surface area contributed by atoms with Gasteiger partial charge in [0.2, 0.25) is 0 Å². The lowest BCUT2D eigenvalue weighted by molar-refractivity contribution is 1.17. The molecule has 0 saturated heterocycles. The van der Waals surface area contributed by atoms with E-state index >= 15 is 0 Å². The van der Waals surface area contributed by atoms with Crippen molar-refractivity contribution >= 4 is 43.6 Å². The van der Waals surface area contributed by atoms with Crippen LogP contribution in [0.4, 0.5) is 0 Å². The van der Waals surface area contributed by atoms with E-state index in [1.54, 1.807) is 0 Å². The van der Waals surface area contributed by atoms with Crippen LogP contribution >= 0.6 is 0 Å². The predicted molar refractivity (Wildman–Crippen MR) is 251 cm³/mol. The minimum Gasteiger partial charge on any atom is -0.309 e. The van der Waals surface area contributed by atoms with Gasteiger partial charge in [0.1, 0.15) is 0 Å². The Hall–Kier alpha value is -8.44. The molecule has 11 rings (SSSR count). The first-order chi connectivity index (χ1) is 30.1. The highest BCUT2D eigenvalue weighted by Crippen LogP contribution is 2.44. The number of para-hydroxylation sites is 2. The standard InChI is InChI=1S/C57H36N4/c1-37-30-38(35-58)20-25-45(37)46-26-24-44(60-53-18-10-8-16-47(53)51-32-42(22-28-55(51)60)40-12-4-2-5-13-40)34-49(46)50-31-39(36-59)21-27-56(50)61-54-19-11-9-17-48(54)52-33-43(23-29-57(52)61)41-14-6-3-7-15-41/h2-34H,1H3. The minimum atomic E-state index is 0.573. The van der Waals surface area contributed by atoms with Crippen LogP contribution in [0.15, 0.2) is 200 Å². The number of aromatic nitrogens is 2. The molecular weight excluding hydrogens is 741 g/mol. The van der Waals surface area contributed by atoms with Gasteiger partial charge in [0, 0.05) is 32.8 Å². The summed E-state index contributed by atoms with van der Waals surface area (Å²) < 4.78 is 4.71. The molecule has 0 bridgehead atoms. The fourth-order valence-electron chi connectivity index (χ4n) is 9.28. The smallest absolute Gasteiger partial charge is 0.0991 e. The summed E-state index contributed by atoms with van der Waals surface area (Å²) in [6, 6.07) is 75.1. The van der Waals surface area contributed by atoms with Crippen LogP contribution in [0.1, 0.15) is 16.7 Å². The van der Waals surface area contributed by atoms with E-state index in [1.807, 2.05) is 30.3 Å². The number of fused-ring (bicyclic) bond motifs is 6. The first kappa shape index (κ1) is 35.7. The van der Waals surface area contributed by atoms with Crippen molar-refractivity contribution < 1.29 is 0 Å². The molecule has 0 aliphatic rings. The van der Waals surface area contributed by atoms with Crippen molar-refractivity contribution in [1.29, 1.82) is 10.5 Å². The van der Waals surface area contributed by atoms with Crippen molar-refractivity contribution in [3.63, 3.8) is 0 Å². The van der Waals surface area contributed by atoms with E-state index in [0.29, 0.717) is 11.1 Å². The molecule has 0 aliphatic heterocycles. The monoisotopic (exact) mass is 776 g/mol. The maximum Gasteiger partial charge on any atom is 0.0991 e. The molecule has 4 nitrogen and oxygen atoms in total. The van der Waals surface area contributed by atoms with Gasteiger partial charge < -0.3 is 9.13 Å². The molecule has 11 aromatic rings. The summed E-state index contributed by atoms with van der Waals surface area (Å²) in [5.74, 6) is 0. The largest absolute Gasteiger partial charge is 0.309 e. The van der Waals surface area contributed by atoms with Gasteiger partial charge in [-0.15, -0.1) is 0 Å². The number of nitrogens with zero attached hydrogens (tertiary/aromatic N) is 4. The van der Waals surface area contributed by atoms with E-state index in [2.05, 4.69) is 198 Å². The first-order valence-corrected chi connectivity index (χ1v) is 20.5. The van der Waals surface area contributed by atoms with Crippen LogP contribution in [-0.2, 0) is 0 Å². The van der Waals surface area contributed by atoms with Gasteiger partial charge in [-0.1, -0.05) is 121 Å². The summed E-state index contributed by atoms with van der Waals surface area (Å²) in [6.45, 7) is 2.06. The summed E-state index contributed by atoms with van der Waals surface area (Å²) in [4.78, 5) is 0. The van der Waals surface area contributed by atoms with Gasteiger partial charge in [0.25, 0.3) is 0 Å². The average Bonchev–Trinajstić information content (AvgIpc) is 3.84. The Kier molecular flexibility index (Phi) is 8.45. The van der Waals surface area contributed by atoms with Crippen molar-refractivity contribution in [2.45, 2.75) is 6.92 Å². The van der Waals surface area contributed by atoms with E-state index in [-0.39, 0.29) is 0 Å². The highest BCUT2D eigenvalue weighted by molar-refractivity contribution is 6.12. The summed E-state index contributed by atoms with van der Waals surface area (Å²) in [5.41, 5.74) is 17.2. The van der Waals surface area contributed by atoms with Gasteiger partial charge in [-0.25, -0.2) is 0 Å². The zero-order valence-electron chi connectivity index (χ0n) is 33.3. The third-order valence-corrected chi connectivity index (χ3v) is 12.1. The quantitative estimate of drug-likeness (QED) is 0.169. The number of benzene rings is 9. The van der Waals surface area contributed by atoms with Crippen molar-refractivity contribution in [3.05, 3.63) is 217 Å². The molecule has 2 heterocycles. The summed E-state index contributed by atoms with van der Waals surface area (Å²) in [6.07, 6.45) is 0. The molecular formula is C57H36N4. The van der Waals surface area contributed by atoms with Gasteiger partial charge in [0.05, 0.1) is 51.0 Å². The van der Waals surface area contributed by atoms with E-state index in [9.17, 15) is 10.5 Å². The summed E-state index contributed by atoms with van der Waals surface area (Å²) in [5, 5.41) is 24.9. The number of hydrogen-bond donors (Lipinski definition) is 0. The maximum atomic E-state index is 10.5. The lowest BCUT2D eigenvalue weighted by atomic mass is 9.89. The SMILES string of the molecule is Cc1cc(C#N)ccc1-c1ccc(-n2c3ccccc3c3cc(-c4ccccc4)ccc32)cc1-c1cc(C#N)ccc1-n1c2ccccc2c2cc(-c3ccccc3)ccc21. The van der Waals surface area contributed by atoms with E-state index in [1.165, 1.54) is 27.5 Å². The Morgan fingerprint density at radius 1 is 0.344 bits per heavy atom. The molecule has 284 valence electrons. The van der Waals surface area contributed by atoms with E-state index < -0.39 is 0 Å². The zero-order chi connectivity index (χ0) is 41.0. The Morgan fingerprint density at radius 2 is 0.852 bits per heavy atom. The second-order valence-corrected chi connectivity index (χ2v) is 15.6. The molecule has 4 heteroatoms. The van der Waals surface area contributed by atoms with Crippen molar-refractivity contribution in [1.82, 2.24) is 9.13 Å². The van der Waals surface area contributed by atoms with Crippen LogP contribution < -0.4 is 0 Å². The number of aryl methyl sites for hydroxylation is 1. The first-order valence-electron chi connectivity index (χ1n) is 20.5. The van der Waals surface area contributed by atoms with Gasteiger partial charge >= 0.3 is 0 Å².